The third-order valence-electron chi connectivity index (χ3n) is 5.33. The van der Waals surface area contributed by atoms with E-state index in [1.165, 1.54) is 0 Å². The van der Waals surface area contributed by atoms with Crippen LogP contribution in [0.5, 0.6) is 0 Å². The summed E-state index contributed by atoms with van der Waals surface area (Å²) in [5.74, 6) is 1.89. The first-order chi connectivity index (χ1) is 12.2. The van der Waals surface area contributed by atoms with E-state index in [-0.39, 0.29) is 11.5 Å². The molecule has 1 aromatic heterocycles. The molecule has 1 amide bonds. The van der Waals surface area contributed by atoms with Crippen LogP contribution in [0.25, 0.3) is 10.9 Å². The first-order valence-electron chi connectivity index (χ1n) is 8.94. The lowest BCUT2D eigenvalue weighted by Gasteiger charge is -2.34. The van der Waals surface area contributed by atoms with Crippen molar-refractivity contribution >= 4 is 28.6 Å². The minimum Gasteiger partial charge on any atom is -0.336 e. The molecule has 0 atom stereocenters. The molecule has 0 spiro atoms. The Balaban J connectivity index is 1.68. The molecule has 4 rings (SSSR count). The van der Waals surface area contributed by atoms with E-state index in [2.05, 4.69) is 16.8 Å². The van der Waals surface area contributed by atoms with Crippen molar-refractivity contribution in [1.82, 2.24) is 14.8 Å². The van der Waals surface area contributed by atoms with Crippen LogP contribution in [0.2, 0.25) is 0 Å². The molecule has 3 heterocycles. The third-order valence-corrected chi connectivity index (χ3v) is 6.31. The molecule has 1 N–H and O–H groups in total. The Hall–Kier alpha value is -1.79. The number of pyridine rings is 1. The lowest BCUT2D eigenvalue weighted by Crippen LogP contribution is -2.48. The molecule has 1 aromatic carbocycles. The van der Waals surface area contributed by atoms with Crippen molar-refractivity contribution in [1.29, 1.82) is 0 Å². The molecule has 25 heavy (non-hydrogen) atoms. The van der Waals surface area contributed by atoms with Gasteiger partial charge < -0.3 is 14.8 Å². The van der Waals surface area contributed by atoms with E-state index in [1.54, 1.807) is 11.8 Å². The van der Waals surface area contributed by atoms with E-state index in [0.29, 0.717) is 0 Å². The average Bonchev–Trinajstić information content (AvgIpc) is 2.67. The Bertz CT molecular complexity index is 869. The van der Waals surface area contributed by atoms with E-state index in [0.717, 1.165) is 78.2 Å². The molecule has 6 heteroatoms. The Morgan fingerprint density at radius 1 is 1.20 bits per heavy atom. The molecule has 2 aromatic rings. The van der Waals surface area contributed by atoms with Crippen molar-refractivity contribution in [2.45, 2.75) is 19.1 Å². The average molecular weight is 357 g/mol. The van der Waals surface area contributed by atoms with Crippen LogP contribution >= 0.6 is 11.8 Å². The predicted molar refractivity (Wildman–Crippen MR) is 102 cm³/mol. The first-order valence-corrected chi connectivity index (χ1v) is 10.1. The molecule has 1 fully saturated rings. The van der Waals surface area contributed by atoms with Gasteiger partial charge in [-0.05, 0) is 42.5 Å². The van der Waals surface area contributed by atoms with Gasteiger partial charge in [0, 0.05) is 54.0 Å². The second-order valence-electron chi connectivity index (χ2n) is 6.70. The second kappa shape index (κ2) is 6.84. The number of hydrogen-bond donors (Lipinski definition) is 1. The van der Waals surface area contributed by atoms with Crippen molar-refractivity contribution in [3.63, 3.8) is 0 Å². The Labute approximate surface area is 151 Å². The second-order valence-corrected chi connectivity index (χ2v) is 7.81. The van der Waals surface area contributed by atoms with Crippen molar-refractivity contribution in [2.75, 3.05) is 38.5 Å². The molecule has 0 bridgehead atoms. The van der Waals surface area contributed by atoms with Gasteiger partial charge >= 0.3 is 0 Å². The number of benzene rings is 1. The van der Waals surface area contributed by atoms with Crippen molar-refractivity contribution in [3.05, 3.63) is 45.2 Å². The molecule has 0 aliphatic carbocycles. The number of fused-ring (bicyclic) bond motifs is 3. The number of aromatic amines is 1. The molecule has 2 aliphatic heterocycles. The fourth-order valence-electron chi connectivity index (χ4n) is 3.77. The van der Waals surface area contributed by atoms with Gasteiger partial charge in [-0.25, -0.2) is 0 Å². The van der Waals surface area contributed by atoms with Crippen LogP contribution < -0.4 is 5.56 Å². The topological polar surface area (TPSA) is 56.4 Å². The number of aromatic nitrogens is 1. The molecule has 132 valence electrons. The quantitative estimate of drug-likeness (QED) is 0.894. The van der Waals surface area contributed by atoms with E-state index in [9.17, 15) is 9.59 Å². The Morgan fingerprint density at radius 2 is 2.00 bits per heavy atom. The summed E-state index contributed by atoms with van der Waals surface area (Å²) in [6.45, 7) is 6.64. The Morgan fingerprint density at radius 3 is 2.76 bits per heavy atom. The van der Waals surface area contributed by atoms with Crippen LogP contribution in [0.3, 0.4) is 0 Å². The smallest absolute Gasteiger partial charge is 0.253 e. The van der Waals surface area contributed by atoms with Crippen molar-refractivity contribution in [3.8, 4) is 0 Å². The fourth-order valence-corrected chi connectivity index (χ4v) is 4.77. The van der Waals surface area contributed by atoms with Crippen LogP contribution in [0.4, 0.5) is 0 Å². The van der Waals surface area contributed by atoms with Crippen molar-refractivity contribution in [2.24, 2.45) is 0 Å². The molecular weight excluding hydrogens is 334 g/mol. The zero-order valence-corrected chi connectivity index (χ0v) is 15.3. The van der Waals surface area contributed by atoms with Crippen LogP contribution in [-0.2, 0) is 12.2 Å². The van der Waals surface area contributed by atoms with Gasteiger partial charge in [0.25, 0.3) is 11.5 Å². The number of aryl methyl sites for hydroxylation is 1. The van der Waals surface area contributed by atoms with Crippen LogP contribution in [-0.4, -0.2) is 59.2 Å². The summed E-state index contributed by atoms with van der Waals surface area (Å²) in [6, 6.07) is 5.71. The van der Waals surface area contributed by atoms with Gasteiger partial charge in [-0.15, -0.1) is 0 Å². The number of rotatable bonds is 2. The zero-order valence-electron chi connectivity index (χ0n) is 14.5. The molecule has 5 nitrogen and oxygen atoms in total. The monoisotopic (exact) mass is 357 g/mol. The van der Waals surface area contributed by atoms with Gasteiger partial charge in [0.15, 0.2) is 0 Å². The number of nitrogens with one attached hydrogen (secondary N) is 1. The number of piperazine rings is 1. The zero-order chi connectivity index (χ0) is 17.4. The highest BCUT2D eigenvalue weighted by molar-refractivity contribution is 7.98. The summed E-state index contributed by atoms with van der Waals surface area (Å²) in [5, 5.41) is 1.04. The fraction of sp³-hybridized carbons (Fsp3) is 0.474. The van der Waals surface area contributed by atoms with Crippen LogP contribution in [0.1, 0.15) is 28.4 Å². The van der Waals surface area contributed by atoms with E-state index in [4.69, 9.17) is 0 Å². The van der Waals surface area contributed by atoms with E-state index < -0.39 is 0 Å². The maximum absolute atomic E-state index is 12.9. The summed E-state index contributed by atoms with van der Waals surface area (Å²) in [6.07, 6.45) is 0.896. The summed E-state index contributed by atoms with van der Waals surface area (Å²) in [4.78, 5) is 32.4. The number of carbonyl (C=O) groups is 1. The largest absolute Gasteiger partial charge is 0.336 e. The van der Waals surface area contributed by atoms with Gasteiger partial charge in [0.2, 0.25) is 0 Å². The number of hydrogen-bond acceptors (Lipinski definition) is 4. The summed E-state index contributed by atoms with van der Waals surface area (Å²) in [5.41, 5.74) is 3.59. The van der Waals surface area contributed by atoms with Gasteiger partial charge in [-0.3, -0.25) is 9.59 Å². The molecule has 0 unspecified atom stereocenters. The molecule has 0 saturated carbocycles. The standard InChI is InChI=1S/C19H23N3O2S/c1-2-21-6-8-22(9-7-21)19(24)13-3-4-17-15(11-13)14-5-10-25-12-16(14)18(23)20-17/h3-4,11H,2,5-10,12H2,1H3,(H,20,23). The van der Waals surface area contributed by atoms with Gasteiger partial charge in [0.1, 0.15) is 0 Å². The summed E-state index contributed by atoms with van der Waals surface area (Å²) in [7, 11) is 0. The normalized spacial score (nSPS) is 18.4. The minimum absolute atomic E-state index is 0.0180. The maximum Gasteiger partial charge on any atom is 0.253 e. The first kappa shape index (κ1) is 16.7. The molecule has 1 saturated heterocycles. The number of amides is 1. The molecular formula is C19H23N3O2S. The lowest BCUT2D eigenvalue weighted by molar-refractivity contribution is 0.0643. The third kappa shape index (κ3) is 3.09. The highest BCUT2D eigenvalue weighted by Gasteiger charge is 2.23. The SMILES string of the molecule is CCN1CCN(C(=O)c2ccc3[nH]c(=O)c4c(c3c2)CCSC4)CC1. The maximum atomic E-state index is 12.9. The summed E-state index contributed by atoms with van der Waals surface area (Å²) < 4.78 is 0. The van der Waals surface area contributed by atoms with Gasteiger partial charge in [-0.1, -0.05) is 6.92 Å². The molecule has 2 aliphatic rings. The van der Waals surface area contributed by atoms with Gasteiger partial charge in [-0.2, -0.15) is 11.8 Å². The highest BCUT2D eigenvalue weighted by Crippen LogP contribution is 2.28. The number of carbonyl (C=O) groups excluding carboxylic acids is 1. The Kier molecular flexibility index (Phi) is 4.56. The van der Waals surface area contributed by atoms with E-state index in [1.807, 2.05) is 23.1 Å². The lowest BCUT2D eigenvalue weighted by atomic mass is 9.99. The number of nitrogens with zero attached hydrogens (tertiary/aromatic N) is 2. The number of thioether (sulfide) groups is 1. The van der Waals surface area contributed by atoms with Crippen molar-refractivity contribution < 1.29 is 4.79 Å². The van der Waals surface area contributed by atoms with Gasteiger partial charge in [0.05, 0.1) is 0 Å². The summed E-state index contributed by atoms with van der Waals surface area (Å²) >= 11 is 1.80. The highest BCUT2D eigenvalue weighted by atomic mass is 32.2. The minimum atomic E-state index is 0.0180. The molecule has 0 radical (unpaired) electrons. The van der Waals surface area contributed by atoms with Crippen LogP contribution in [0, 0.1) is 0 Å². The van der Waals surface area contributed by atoms with E-state index >= 15 is 0 Å². The number of H-pyrrole nitrogens is 1. The van der Waals surface area contributed by atoms with Crippen LogP contribution in [0.15, 0.2) is 23.0 Å². The predicted octanol–water partition coefficient (Wildman–Crippen LogP) is 2.10. The number of likely N-dealkylation sites (N-methyl/N-ethyl adjacent to an activating group) is 1.